The smallest absolute Gasteiger partial charge is 0.377 e. The monoisotopic (exact) mass is 540 g/mol. The third-order valence-electron chi connectivity index (χ3n) is 7.77. The molecule has 2 aliphatic carbocycles. The summed E-state index contributed by atoms with van der Waals surface area (Å²) >= 11 is 2.52. The van der Waals surface area contributed by atoms with Gasteiger partial charge in [0.25, 0.3) is 0 Å². The highest BCUT2D eigenvalue weighted by atomic mass is 32.2. The highest BCUT2D eigenvalue weighted by Gasteiger charge is 2.85. The Bertz CT molecular complexity index is 1370. The summed E-state index contributed by atoms with van der Waals surface area (Å²) in [4.78, 5) is 1.18. The summed E-state index contributed by atoms with van der Waals surface area (Å²) in [5.41, 5.74) is -2.20. The van der Waals surface area contributed by atoms with E-state index in [9.17, 15) is 0 Å². The molecule has 1 saturated carbocycles. The van der Waals surface area contributed by atoms with Crippen LogP contribution in [0.5, 0.6) is 0 Å². The first-order chi connectivity index (χ1) is 16.9. The summed E-state index contributed by atoms with van der Waals surface area (Å²) in [7, 11) is 0. The Morgan fingerprint density at radius 2 is 1.25 bits per heavy atom. The number of halogens is 6. The molecule has 2 aromatic rings. The minimum Gasteiger partial charge on any atom is -0.377 e. The topological polar surface area (TPSA) is 9.23 Å². The molecule has 36 heavy (non-hydrogen) atoms. The van der Waals surface area contributed by atoms with E-state index >= 15 is 26.3 Å². The van der Waals surface area contributed by atoms with Crippen LogP contribution in [0.3, 0.4) is 0 Å². The zero-order valence-electron chi connectivity index (χ0n) is 19.6. The van der Waals surface area contributed by atoms with Gasteiger partial charge in [-0.25, -0.2) is 0 Å². The van der Waals surface area contributed by atoms with E-state index in [-0.39, 0.29) is 16.7 Å². The summed E-state index contributed by atoms with van der Waals surface area (Å²) in [6, 6.07) is 13.2. The average Bonchev–Trinajstić information content (AvgIpc) is 3.37. The van der Waals surface area contributed by atoms with Gasteiger partial charge in [0.05, 0.1) is 15.6 Å². The van der Waals surface area contributed by atoms with Crippen LogP contribution in [-0.2, 0) is 4.74 Å². The van der Waals surface area contributed by atoms with Crippen LogP contribution in [-0.4, -0.2) is 40.0 Å². The predicted octanol–water partition coefficient (Wildman–Crippen LogP) is 8.35. The summed E-state index contributed by atoms with van der Waals surface area (Å²) < 4.78 is 96.5. The molecule has 4 aliphatic rings. The van der Waals surface area contributed by atoms with E-state index in [1.165, 1.54) is 23.5 Å². The summed E-state index contributed by atoms with van der Waals surface area (Å²) in [6.07, 6.45) is -0.104. The normalized spacial score (nSPS) is 31.0. The van der Waals surface area contributed by atoms with Crippen molar-refractivity contribution in [1.82, 2.24) is 0 Å². The molecule has 0 N–H and O–H groups in total. The minimum absolute atomic E-state index is 0.143. The van der Waals surface area contributed by atoms with Crippen LogP contribution < -0.4 is 0 Å². The van der Waals surface area contributed by atoms with Gasteiger partial charge in [0, 0.05) is 27.5 Å². The molecule has 2 aromatic carbocycles. The lowest BCUT2D eigenvalue weighted by molar-refractivity contribution is -0.257. The third kappa shape index (κ3) is 2.53. The van der Waals surface area contributed by atoms with Gasteiger partial charge in [0.1, 0.15) is 0 Å². The second kappa shape index (κ2) is 7.38. The lowest BCUT2D eigenvalue weighted by Gasteiger charge is -2.51. The molecule has 1 fully saturated rings. The first-order valence-corrected chi connectivity index (χ1v) is 13.3. The molecule has 2 heterocycles. The van der Waals surface area contributed by atoms with Gasteiger partial charge < -0.3 is 4.74 Å². The van der Waals surface area contributed by atoms with Crippen LogP contribution in [0.15, 0.2) is 69.5 Å². The highest BCUT2D eigenvalue weighted by molar-refractivity contribution is 8.06. The summed E-state index contributed by atoms with van der Waals surface area (Å²) in [6.45, 7) is 5.66. The van der Waals surface area contributed by atoms with Gasteiger partial charge in [-0.05, 0) is 54.7 Å². The quantitative estimate of drug-likeness (QED) is 0.361. The van der Waals surface area contributed by atoms with E-state index in [1.54, 1.807) is 62.4 Å². The number of alkyl halides is 6. The number of fused-ring (bicyclic) bond motifs is 8. The SMILES string of the molecule is CCCO[C@@H](C)[C@@]12Sc3ccccc3C1=C1C(=C3c4ccccc4S[C@]32C)C(F)(F)C(F)(F)C1(F)F. The maximum Gasteiger partial charge on any atom is 0.380 e. The van der Waals surface area contributed by atoms with Crippen molar-refractivity contribution < 1.29 is 31.1 Å². The maximum absolute atomic E-state index is 15.8. The Labute approximate surface area is 213 Å². The lowest BCUT2D eigenvalue weighted by atomic mass is 9.65. The molecule has 6 rings (SSSR count). The number of benzene rings is 2. The number of allylic oxidation sites excluding steroid dienone is 2. The van der Waals surface area contributed by atoms with Crippen LogP contribution in [0.25, 0.3) is 11.1 Å². The van der Waals surface area contributed by atoms with Crippen molar-refractivity contribution in [1.29, 1.82) is 0 Å². The number of hydrogen-bond acceptors (Lipinski definition) is 3. The fourth-order valence-corrected chi connectivity index (χ4v) is 9.71. The van der Waals surface area contributed by atoms with E-state index in [1.807, 2.05) is 6.92 Å². The Balaban J connectivity index is 1.82. The Morgan fingerprint density at radius 3 is 1.83 bits per heavy atom. The molecule has 0 aromatic heterocycles. The van der Waals surface area contributed by atoms with Crippen LogP contribution in [0.4, 0.5) is 26.3 Å². The van der Waals surface area contributed by atoms with E-state index in [0.717, 1.165) is 0 Å². The molecule has 0 saturated heterocycles. The molecule has 2 aliphatic heterocycles. The largest absolute Gasteiger partial charge is 0.380 e. The molecular weight excluding hydrogens is 518 g/mol. The van der Waals surface area contributed by atoms with Gasteiger partial charge in [0.2, 0.25) is 0 Å². The lowest BCUT2D eigenvalue weighted by Crippen LogP contribution is -2.56. The maximum atomic E-state index is 15.8. The van der Waals surface area contributed by atoms with E-state index in [4.69, 9.17) is 4.74 Å². The average molecular weight is 541 g/mol. The van der Waals surface area contributed by atoms with Crippen LogP contribution in [0.1, 0.15) is 38.3 Å². The Kier molecular flexibility index (Phi) is 5.02. The second-order valence-electron chi connectivity index (χ2n) is 9.70. The van der Waals surface area contributed by atoms with Crippen molar-refractivity contribution in [2.45, 2.75) is 70.3 Å². The fraction of sp³-hybridized carbons (Fsp3) is 0.407. The number of ether oxygens (including phenoxy) is 1. The zero-order chi connectivity index (χ0) is 25.9. The van der Waals surface area contributed by atoms with Crippen molar-refractivity contribution in [3.63, 3.8) is 0 Å². The number of rotatable bonds is 4. The van der Waals surface area contributed by atoms with Crippen molar-refractivity contribution in [2.75, 3.05) is 6.61 Å². The molecular formula is C27H22F6OS2. The third-order valence-corrected chi connectivity index (χ3v) is 11.2. The molecule has 1 nitrogen and oxygen atoms in total. The first kappa shape index (κ1) is 24.5. The van der Waals surface area contributed by atoms with Crippen LogP contribution >= 0.6 is 23.5 Å². The summed E-state index contributed by atoms with van der Waals surface area (Å²) in [5, 5.41) is 0. The van der Waals surface area contributed by atoms with Crippen LogP contribution in [0.2, 0.25) is 0 Å². The van der Waals surface area contributed by atoms with Gasteiger partial charge in [-0.2, -0.15) is 26.3 Å². The van der Waals surface area contributed by atoms with E-state index in [2.05, 4.69) is 0 Å². The van der Waals surface area contributed by atoms with Gasteiger partial charge in [0.15, 0.2) is 0 Å². The molecule has 9 heteroatoms. The van der Waals surface area contributed by atoms with Crippen molar-refractivity contribution >= 4 is 34.7 Å². The first-order valence-electron chi connectivity index (χ1n) is 11.7. The van der Waals surface area contributed by atoms with E-state index in [0.29, 0.717) is 28.4 Å². The number of thioether (sulfide) groups is 2. The Morgan fingerprint density at radius 1 is 0.750 bits per heavy atom. The standard InChI is InChI=1S/C27H22F6OS2/c1-4-13-34-14(2)24-20(16-10-6-8-12-18(16)36-24)22-21(25(28,29)27(32,33)26(22,30)31)19-15-9-5-7-11-17(15)35-23(19,24)3/h5-12,14H,4,13H2,1-3H3/t14-,23+,24+/m0/s1. The summed E-state index contributed by atoms with van der Waals surface area (Å²) in [5.74, 6) is -15.7. The van der Waals surface area contributed by atoms with Gasteiger partial charge in [-0.15, -0.1) is 23.5 Å². The highest BCUT2D eigenvalue weighted by Crippen LogP contribution is 2.78. The van der Waals surface area contributed by atoms with Gasteiger partial charge >= 0.3 is 17.8 Å². The van der Waals surface area contributed by atoms with Crippen molar-refractivity contribution in [2.24, 2.45) is 0 Å². The molecule has 0 unspecified atom stereocenters. The predicted molar refractivity (Wildman–Crippen MR) is 130 cm³/mol. The minimum atomic E-state index is -5.58. The molecule has 0 spiro atoms. The van der Waals surface area contributed by atoms with Crippen molar-refractivity contribution in [3.05, 3.63) is 70.8 Å². The molecule has 0 radical (unpaired) electrons. The van der Waals surface area contributed by atoms with Gasteiger partial charge in [-0.3, -0.25) is 0 Å². The van der Waals surface area contributed by atoms with Gasteiger partial charge in [-0.1, -0.05) is 43.3 Å². The number of hydrogen-bond donors (Lipinski definition) is 0. The molecule has 0 bridgehead atoms. The molecule has 0 amide bonds. The Hall–Kier alpha value is -1.84. The molecule has 190 valence electrons. The second-order valence-corrected chi connectivity index (χ2v) is 12.4. The molecule has 3 atom stereocenters. The van der Waals surface area contributed by atoms with E-state index < -0.39 is 44.5 Å². The van der Waals surface area contributed by atoms with Crippen LogP contribution in [0, 0.1) is 0 Å². The fourth-order valence-electron chi connectivity index (χ4n) is 6.24. The van der Waals surface area contributed by atoms with Crippen molar-refractivity contribution in [3.8, 4) is 0 Å². The zero-order valence-corrected chi connectivity index (χ0v) is 21.2.